The smallest absolute Gasteiger partial charge is 0.251 e. The Morgan fingerprint density at radius 2 is 1.80 bits per heavy atom. The second-order valence-corrected chi connectivity index (χ2v) is 6.23. The second kappa shape index (κ2) is 7.44. The Bertz CT molecular complexity index is 767. The van der Waals surface area contributed by atoms with Crippen LogP contribution in [0.15, 0.2) is 36.4 Å². The number of benzene rings is 2. The van der Waals surface area contributed by atoms with Gasteiger partial charge in [0, 0.05) is 23.4 Å². The number of hydrogen-bond acceptors (Lipinski definition) is 5. The molecule has 0 aromatic heterocycles. The summed E-state index contributed by atoms with van der Waals surface area (Å²) in [5.41, 5.74) is 7.18. The number of hydrogen-bond donors (Lipinski definition) is 3. The molecule has 0 radical (unpaired) electrons. The Hall–Kier alpha value is -2.73. The van der Waals surface area contributed by atoms with Crippen molar-refractivity contribution in [3.05, 3.63) is 53.1 Å². The number of carbonyl (C=O) groups excluding carboxylic acids is 1. The van der Waals surface area contributed by atoms with E-state index in [-0.39, 0.29) is 5.91 Å². The van der Waals surface area contributed by atoms with E-state index in [4.69, 9.17) is 15.2 Å². The van der Waals surface area contributed by atoms with Gasteiger partial charge in [0.2, 0.25) is 0 Å². The zero-order valence-electron chi connectivity index (χ0n) is 14.9. The minimum Gasteiger partial charge on any atom is -0.493 e. The highest BCUT2D eigenvalue weighted by molar-refractivity contribution is 5.95. The van der Waals surface area contributed by atoms with Crippen molar-refractivity contribution in [3.8, 4) is 11.5 Å². The van der Waals surface area contributed by atoms with Crippen molar-refractivity contribution in [2.75, 3.05) is 20.0 Å². The van der Waals surface area contributed by atoms with Gasteiger partial charge in [-0.05, 0) is 43.7 Å². The summed E-state index contributed by atoms with van der Waals surface area (Å²) in [7, 11) is 3.13. The van der Waals surface area contributed by atoms with Gasteiger partial charge in [-0.2, -0.15) is 0 Å². The van der Waals surface area contributed by atoms with E-state index in [1.807, 2.05) is 12.1 Å². The summed E-state index contributed by atoms with van der Waals surface area (Å²) in [6.45, 7) is 3.64. The summed E-state index contributed by atoms with van der Waals surface area (Å²) in [5.74, 6) is 0.990. The maximum absolute atomic E-state index is 12.3. The van der Waals surface area contributed by atoms with E-state index >= 15 is 0 Å². The number of carbonyl (C=O) groups is 1. The predicted octanol–water partition coefficient (Wildman–Crippen LogP) is 2.44. The molecule has 0 unspecified atom stereocenters. The van der Waals surface area contributed by atoms with Crippen LogP contribution in [0.4, 0.5) is 5.69 Å². The van der Waals surface area contributed by atoms with E-state index in [1.54, 1.807) is 52.3 Å². The summed E-state index contributed by atoms with van der Waals surface area (Å²) in [6.07, 6.45) is 0. The van der Waals surface area contributed by atoms with Gasteiger partial charge in [-0.15, -0.1) is 0 Å². The molecule has 2 aromatic carbocycles. The van der Waals surface area contributed by atoms with Gasteiger partial charge in [0.25, 0.3) is 5.91 Å². The Morgan fingerprint density at radius 1 is 1.12 bits per heavy atom. The average Bonchev–Trinajstić information content (AvgIpc) is 2.58. The molecule has 0 aliphatic heterocycles. The van der Waals surface area contributed by atoms with Crippen molar-refractivity contribution >= 4 is 11.6 Å². The molecule has 0 saturated carbocycles. The predicted molar refractivity (Wildman–Crippen MR) is 96.8 cm³/mol. The molecule has 6 nitrogen and oxygen atoms in total. The minimum atomic E-state index is -1.06. The lowest BCUT2D eigenvalue weighted by molar-refractivity contribution is 0.0792. The van der Waals surface area contributed by atoms with Gasteiger partial charge in [-0.3, -0.25) is 4.79 Å². The molecule has 0 bridgehead atoms. The van der Waals surface area contributed by atoms with Crippen LogP contribution in [0.1, 0.15) is 35.3 Å². The quantitative estimate of drug-likeness (QED) is 0.700. The average molecular weight is 344 g/mol. The molecule has 2 aromatic rings. The normalized spacial score (nSPS) is 11.1. The first-order valence-corrected chi connectivity index (χ1v) is 7.87. The Morgan fingerprint density at radius 3 is 2.36 bits per heavy atom. The first kappa shape index (κ1) is 18.6. The maximum Gasteiger partial charge on any atom is 0.251 e. The number of nitrogens with one attached hydrogen (secondary N) is 1. The fourth-order valence-electron chi connectivity index (χ4n) is 2.54. The van der Waals surface area contributed by atoms with E-state index in [1.165, 1.54) is 0 Å². The van der Waals surface area contributed by atoms with E-state index in [2.05, 4.69) is 5.32 Å². The van der Waals surface area contributed by atoms with Crippen LogP contribution in [0.25, 0.3) is 0 Å². The van der Waals surface area contributed by atoms with Gasteiger partial charge in [-0.1, -0.05) is 12.1 Å². The van der Waals surface area contributed by atoms with Crippen LogP contribution in [0.2, 0.25) is 0 Å². The van der Waals surface area contributed by atoms with Crippen LogP contribution in [0, 0.1) is 0 Å². The molecular formula is C19H24N2O4. The van der Waals surface area contributed by atoms with Crippen molar-refractivity contribution in [3.63, 3.8) is 0 Å². The number of methoxy groups -OCH3 is 2. The molecule has 0 aliphatic carbocycles. The third kappa shape index (κ3) is 4.42. The van der Waals surface area contributed by atoms with E-state index in [0.717, 1.165) is 5.56 Å². The first-order chi connectivity index (χ1) is 11.8. The zero-order chi connectivity index (χ0) is 18.6. The first-order valence-electron chi connectivity index (χ1n) is 7.87. The molecule has 2 rings (SSSR count). The molecule has 1 amide bonds. The van der Waals surface area contributed by atoms with Crippen LogP contribution in [-0.2, 0) is 12.1 Å². The van der Waals surface area contributed by atoms with Crippen LogP contribution in [0.3, 0.4) is 0 Å². The molecule has 0 spiro atoms. The maximum atomic E-state index is 12.3. The van der Waals surface area contributed by atoms with Crippen LogP contribution < -0.4 is 20.5 Å². The van der Waals surface area contributed by atoms with Crippen molar-refractivity contribution in [1.29, 1.82) is 0 Å². The lowest BCUT2D eigenvalue weighted by Gasteiger charge is -2.20. The number of nitrogen functional groups attached to an aromatic ring is 1. The van der Waals surface area contributed by atoms with Gasteiger partial charge >= 0.3 is 0 Å². The van der Waals surface area contributed by atoms with Gasteiger partial charge in [-0.25, -0.2) is 0 Å². The topological polar surface area (TPSA) is 93.8 Å². The standard InChI is InChI=1S/C19H24N2O4/c1-19(2,23)14-7-6-13(10-15(14)20)18(22)21-11-12-5-8-16(24-3)17(9-12)25-4/h5-10,23H,11,20H2,1-4H3,(H,21,22). The third-order valence-corrected chi connectivity index (χ3v) is 3.87. The summed E-state index contributed by atoms with van der Waals surface area (Å²) < 4.78 is 10.4. The zero-order valence-corrected chi connectivity index (χ0v) is 14.9. The summed E-state index contributed by atoms with van der Waals surface area (Å²) in [4.78, 5) is 12.3. The number of ether oxygens (including phenoxy) is 2. The van der Waals surface area contributed by atoms with Crippen LogP contribution in [0.5, 0.6) is 11.5 Å². The Balaban J connectivity index is 2.09. The molecule has 0 aliphatic rings. The summed E-state index contributed by atoms with van der Waals surface area (Å²) >= 11 is 0. The number of amides is 1. The highest BCUT2D eigenvalue weighted by atomic mass is 16.5. The van der Waals surface area contributed by atoms with E-state index in [9.17, 15) is 9.90 Å². The minimum absolute atomic E-state index is 0.246. The molecule has 134 valence electrons. The summed E-state index contributed by atoms with van der Waals surface area (Å²) in [6, 6.07) is 10.3. The summed E-state index contributed by atoms with van der Waals surface area (Å²) in [5, 5.41) is 12.9. The molecule has 6 heteroatoms. The van der Waals surface area contributed by atoms with Crippen molar-refractivity contribution in [1.82, 2.24) is 5.32 Å². The molecule has 0 heterocycles. The monoisotopic (exact) mass is 344 g/mol. The van der Waals surface area contributed by atoms with E-state index < -0.39 is 5.60 Å². The largest absolute Gasteiger partial charge is 0.493 e. The fourth-order valence-corrected chi connectivity index (χ4v) is 2.54. The van der Waals surface area contributed by atoms with Crippen molar-refractivity contribution < 1.29 is 19.4 Å². The molecule has 25 heavy (non-hydrogen) atoms. The highest BCUT2D eigenvalue weighted by Crippen LogP contribution is 2.28. The van der Waals surface area contributed by atoms with E-state index in [0.29, 0.717) is 34.9 Å². The fraction of sp³-hybridized carbons (Fsp3) is 0.316. The van der Waals surface area contributed by atoms with Gasteiger partial charge in [0.1, 0.15) is 0 Å². The van der Waals surface area contributed by atoms with Crippen molar-refractivity contribution in [2.45, 2.75) is 26.0 Å². The molecule has 0 fully saturated rings. The van der Waals surface area contributed by atoms with Crippen molar-refractivity contribution in [2.24, 2.45) is 0 Å². The van der Waals surface area contributed by atoms with Gasteiger partial charge < -0.3 is 25.6 Å². The Kier molecular flexibility index (Phi) is 5.54. The Labute approximate surface area is 147 Å². The van der Waals surface area contributed by atoms with Gasteiger partial charge in [0.05, 0.1) is 19.8 Å². The van der Waals surface area contributed by atoms with Gasteiger partial charge in [0.15, 0.2) is 11.5 Å². The molecular weight excluding hydrogens is 320 g/mol. The number of aliphatic hydroxyl groups is 1. The van der Waals surface area contributed by atoms with Crippen LogP contribution >= 0.6 is 0 Å². The molecule has 0 atom stereocenters. The number of nitrogens with two attached hydrogens (primary N) is 1. The SMILES string of the molecule is COc1ccc(CNC(=O)c2ccc(C(C)(C)O)c(N)c2)cc1OC. The third-order valence-electron chi connectivity index (χ3n) is 3.87. The second-order valence-electron chi connectivity index (χ2n) is 6.23. The molecule has 4 N–H and O–H groups in total. The highest BCUT2D eigenvalue weighted by Gasteiger charge is 2.20. The molecule has 0 saturated heterocycles. The number of anilines is 1. The lowest BCUT2D eigenvalue weighted by atomic mass is 9.95. The lowest BCUT2D eigenvalue weighted by Crippen LogP contribution is -2.24. The number of rotatable bonds is 6. The van der Waals surface area contributed by atoms with Crippen LogP contribution in [-0.4, -0.2) is 25.2 Å².